The van der Waals surface area contributed by atoms with Crippen LogP contribution in [0.2, 0.25) is 0 Å². The molecular weight excluding hydrogens is 705 g/mol. The predicted molar refractivity (Wildman–Crippen MR) is 240 cm³/mol. The molecule has 8 aromatic carbocycles. The monoisotopic (exact) mass is 744 g/mol. The summed E-state index contributed by atoms with van der Waals surface area (Å²) in [7, 11) is 0. The van der Waals surface area contributed by atoms with Crippen molar-refractivity contribution < 1.29 is 0 Å². The second-order valence-corrected chi connectivity index (χ2v) is 15.9. The average molecular weight is 745 g/mol. The molecule has 0 saturated carbocycles. The van der Waals surface area contributed by atoms with Crippen LogP contribution in [0.15, 0.2) is 176 Å². The van der Waals surface area contributed by atoms with Gasteiger partial charge >= 0.3 is 0 Å². The van der Waals surface area contributed by atoms with Crippen LogP contribution in [0, 0.1) is 0 Å². The van der Waals surface area contributed by atoms with Crippen molar-refractivity contribution in [3.8, 4) is 61.8 Å². The molecule has 0 N–H and O–H groups in total. The summed E-state index contributed by atoms with van der Waals surface area (Å²) in [6.07, 6.45) is 0.787. The van der Waals surface area contributed by atoms with E-state index in [9.17, 15) is 0 Å². The van der Waals surface area contributed by atoms with E-state index < -0.39 is 0 Å². The highest BCUT2D eigenvalue weighted by atomic mass is 15.1. The summed E-state index contributed by atoms with van der Waals surface area (Å²) in [4.78, 5) is 15.9. The Hall–Kier alpha value is -7.17. The Bertz CT molecular complexity index is 3250. The minimum atomic E-state index is -0.0743. The third-order valence-electron chi connectivity index (χ3n) is 12.1. The molecular formula is C54H40N4. The molecule has 0 fully saturated rings. The van der Waals surface area contributed by atoms with Gasteiger partial charge in [-0.1, -0.05) is 148 Å². The van der Waals surface area contributed by atoms with Crippen molar-refractivity contribution in [3.63, 3.8) is 0 Å². The lowest BCUT2D eigenvalue weighted by atomic mass is 9.82. The fraction of sp³-hybridized carbons (Fsp3) is 0.0926. The normalized spacial score (nSPS) is 12.9. The summed E-state index contributed by atoms with van der Waals surface area (Å²) in [5, 5.41) is 4.89. The second kappa shape index (κ2) is 13.2. The quantitative estimate of drug-likeness (QED) is 0.159. The van der Waals surface area contributed by atoms with E-state index in [2.05, 4.69) is 201 Å². The first-order chi connectivity index (χ1) is 28.4. The Morgan fingerprint density at radius 2 is 1.14 bits per heavy atom. The van der Waals surface area contributed by atoms with E-state index in [4.69, 9.17) is 15.0 Å². The summed E-state index contributed by atoms with van der Waals surface area (Å²) in [5.41, 5.74) is 15.4. The molecule has 0 spiro atoms. The zero-order chi connectivity index (χ0) is 39.0. The van der Waals surface area contributed by atoms with E-state index in [0.29, 0.717) is 5.82 Å². The molecule has 0 amide bonds. The maximum atomic E-state index is 5.46. The predicted octanol–water partition coefficient (Wildman–Crippen LogP) is 13.7. The van der Waals surface area contributed by atoms with Crippen LogP contribution in [0.4, 0.5) is 0 Å². The zero-order valence-electron chi connectivity index (χ0n) is 32.7. The number of aryl methyl sites for hydroxylation is 1. The molecule has 4 heteroatoms. The lowest BCUT2D eigenvalue weighted by Gasteiger charge is -2.21. The maximum Gasteiger partial charge on any atom is 0.160 e. The number of fused-ring (bicyclic) bond motifs is 7. The first kappa shape index (κ1) is 34.1. The van der Waals surface area contributed by atoms with Gasteiger partial charge in [0, 0.05) is 34.2 Å². The van der Waals surface area contributed by atoms with Crippen molar-refractivity contribution in [2.24, 2.45) is 0 Å². The van der Waals surface area contributed by atoms with Gasteiger partial charge < -0.3 is 0 Å². The molecule has 1 aliphatic rings. The molecule has 1 aliphatic carbocycles. The molecule has 0 aliphatic heterocycles. The summed E-state index contributed by atoms with van der Waals surface area (Å²) >= 11 is 0. The number of nitrogens with zero attached hydrogens (tertiary/aromatic N) is 4. The van der Waals surface area contributed by atoms with E-state index in [1.807, 2.05) is 0 Å². The fourth-order valence-electron chi connectivity index (χ4n) is 9.28. The minimum absolute atomic E-state index is 0.0743. The molecule has 2 heterocycles. The van der Waals surface area contributed by atoms with Crippen LogP contribution in [0.25, 0.3) is 94.4 Å². The van der Waals surface area contributed by atoms with Crippen molar-refractivity contribution in [2.75, 3.05) is 0 Å². The Morgan fingerprint density at radius 1 is 0.466 bits per heavy atom. The lowest BCUT2D eigenvalue weighted by Crippen LogP contribution is -2.14. The van der Waals surface area contributed by atoms with Crippen molar-refractivity contribution in [1.29, 1.82) is 0 Å². The molecule has 2 aromatic heterocycles. The van der Waals surface area contributed by atoms with E-state index in [-0.39, 0.29) is 5.41 Å². The Labute approximate surface area is 338 Å². The van der Waals surface area contributed by atoms with Gasteiger partial charge in [0.05, 0.1) is 22.4 Å². The molecule has 0 atom stereocenters. The lowest BCUT2D eigenvalue weighted by molar-refractivity contribution is 0.660. The zero-order valence-corrected chi connectivity index (χ0v) is 32.7. The molecule has 58 heavy (non-hydrogen) atoms. The van der Waals surface area contributed by atoms with E-state index in [1.54, 1.807) is 0 Å². The van der Waals surface area contributed by atoms with Gasteiger partial charge in [0.1, 0.15) is 5.82 Å². The number of imidazole rings is 1. The third-order valence-corrected chi connectivity index (χ3v) is 12.1. The molecule has 0 saturated heterocycles. The summed E-state index contributed by atoms with van der Waals surface area (Å²) in [5.74, 6) is 1.68. The highest BCUT2D eigenvalue weighted by molar-refractivity contribution is 6.14. The van der Waals surface area contributed by atoms with Gasteiger partial charge in [-0.15, -0.1) is 0 Å². The Morgan fingerprint density at radius 3 is 1.98 bits per heavy atom. The van der Waals surface area contributed by atoms with E-state index in [0.717, 1.165) is 62.6 Å². The number of benzene rings is 8. The van der Waals surface area contributed by atoms with Crippen molar-refractivity contribution in [2.45, 2.75) is 32.6 Å². The minimum Gasteiger partial charge on any atom is -0.296 e. The molecule has 10 aromatic rings. The largest absolute Gasteiger partial charge is 0.296 e. The molecule has 0 radical (unpaired) electrons. The highest BCUT2D eigenvalue weighted by Gasteiger charge is 2.35. The van der Waals surface area contributed by atoms with Crippen LogP contribution in [0.1, 0.15) is 37.7 Å². The van der Waals surface area contributed by atoms with Crippen molar-refractivity contribution in [1.82, 2.24) is 19.5 Å². The van der Waals surface area contributed by atoms with Crippen LogP contribution in [0.5, 0.6) is 0 Å². The summed E-state index contributed by atoms with van der Waals surface area (Å²) in [6, 6.07) is 63.3. The van der Waals surface area contributed by atoms with Crippen molar-refractivity contribution >= 4 is 32.6 Å². The van der Waals surface area contributed by atoms with Gasteiger partial charge in [0.15, 0.2) is 5.82 Å². The molecule has 4 nitrogen and oxygen atoms in total. The average Bonchev–Trinajstić information content (AvgIpc) is 3.78. The molecule has 276 valence electrons. The van der Waals surface area contributed by atoms with E-state index >= 15 is 0 Å². The number of hydrogen-bond acceptors (Lipinski definition) is 3. The molecule has 0 bridgehead atoms. The maximum absolute atomic E-state index is 5.46. The Kier molecular flexibility index (Phi) is 7.77. The standard InChI is InChI=1S/C54H40N4/c1-4-52-55-48-24-14-15-25-51(48)58(52)39-29-37(44-31-35-18-8-9-19-40(35)41-20-10-11-21-42(41)44)28-38(30-39)53-56-49(34-16-6-5-7-17-34)33-50(57-53)36-26-27-47-45(32-36)43-22-12-13-23-46(43)54(47,2)3/h5-33H,4H2,1-3H3. The first-order valence-electron chi connectivity index (χ1n) is 20.2. The third kappa shape index (κ3) is 5.40. The fourth-order valence-corrected chi connectivity index (χ4v) is 9.28. The van der Waals surface area contributed by atoms with Crippen molar-refractivity contribution in [3.05, 3.63) is 193 Å². The Balaban J connectivity index is 1.18. The number of rotatable bonds is 6. The molecule has 0 unspecified atom stereocenters. The number of aromatic nitrogens is 4. The van der Waals surface area contributed by atoms with Gasteiger partial charge in [-0.2, -0.15) is 0 Å². The highest BCUT2D eigenvalue weighted by Crippen LogP contribution is 2.49. The van der Waals surface area contributed by atoms with Crippen LogP contribution in [0.3, 0.4) is 0 Å². The van der Waals surface area contributed by atoms with Gasteiger partial charge in [-0.25, -0.2) is 15.0 Å². The van der Waals surface area contributed by atoms with Crippen LogP contribution in [-0.4, -0.2) is 19.5 Å². The van der Waals surface area contributed by atoms with Crippen LogP contribution in [-0.2, 0) is 11.8 Å². The molecule has 11 rings (SSSR count). The number of para-hydroxylation sites is 2. The SMILES string of the molecule is CCc1nc2ccccc2n1-c1cc(-c2nc(-c3ccccc3)cc(-c3ccc4c(c3)-c3ccccc3C4(C)C)n2)cc(-c2cc3ccccc3c3ccccc23)c1. The van der Waals surface area contributed by atoms with Gasteiger partial charge in [0.25, 0.3) is 0 Å². The van der Waals surface area contributed by atoms with E-state index in [1.165, 1.54) is 49.4 Å². The van der Waals surface area contributed by atoms with Crippen LogP contribution < -0.4 is 0 Å². The topological polar surface area (TPSA) is 43.6 Å². The summed E-state index contributed by atoms with van der Waals surface area (Å²) < 4.78 is 2.31. The van der Waals surface area contributed by atoms with Gasteiger partial charge in [-0.3, -0.25) is 4.57 Å². The smallest absolute Gasteiger partial charge is 0.160 e. The summed E-state index contributed by atoms with van der Waals surface area (Å²) in [6.45, 7) is 6.82. The second-order valence-electron chi connectivity index (χ2n) is 15.9. The van der Waals surface area contributed by atoms with Crippen LogP contribution >= 0.6 is 0 Å². The number of hydrogen-bond donors (Lipinski definition) is 0. The first-order valence-corrected chi connectivity index (χ1v) is 20.2. The van der Waals surface area contributed by atoms with Gasteiger partial charge in [0.2, 0.25) is 0 Å². The van der Waals surface area contributed by atoms with Gasteiger partial charge in [-0.05, 0) is 103 Å².